The van der Waals surface area contributed by atoms with E-state index in [1.807, 2.05) is 6.07 Å². The molecule has 0 atom stereocenters. The molecule has 102 valence electrons. The minimum atomic E-state index is -3.01. The second kappa shape index (κ2) is 6.66. The quantitative estimate of drug-likeness (QED) is 0.816. The van der Waals surface area contributed by atoms with Gasteiger partial charge in [-0.3, -0.25) is 4.79 Å². The summed E-state index contributed by atoms with van der Waals surface area (Å²) in [4.78, 5) is 11.2. The van der Waals surface area contributed by atoms with Crippen LogP contribution in [0.3, 0.4) is 0 Å². The number of nitrogens with zero attached hydrogens (tertiary/aromatic N) is 1. The summed E-state index contributed by atoms with van der Waals surface area (Å²) in [6.45, 7) is -3.06. The molecule has 0 saturated heterocycles. The van der Waals surface area contributed by atoms with Crippen LogP contribution in [0.1, 0.15) is 16.7 Å². The molecule has 19 heavy (non-hydrogen) atoms. The molecule has 0 heterocycles. The summed E-state index contributed by atoms with van der Waals surface area (Å²) >= 11 is 0. The molecule has 1 aromatic rings. The Balaban J connectivity index is 3.20. The van der Waals surface area contributed by atoms with E-state index in [9.17, 15) is 13.6 Å². The normalized spacial score (nSPS) is 10.1. The van der Waals surface area contributed by atoms with Crippen molar-refractivity contribution in [2.75, 3.05) is 7.11 Å². The SMILES string of the molecule is COC(=O)Cc1cc(CN)c(OC(F)F)cc1C#N. The van der Waals surface area contributed by atoms with E-state index in [-0.39, 0.29) is 24.3 Å². The van der Waals surface area contributed by atoms with Gasteiger partial charge in [0.15, 0.2) is 0 Å². The highest BCUT2D eigenvalue weighted by atomic mass is 19.3. The lowest BCUT2D eigenvalue weighted by atomic mass is 10.0. The lowest BCUT2D eigenvalue weighted by Crippen LogP contribution is -2.11. The molecule has 0 aliphatic heterocycles. The van der Waals surface area contributed by atoms with Crippen LogP contribution in [0.25, 0.3) is 0 Å². The van der Waals surface area contributed by atoms with Crippen LogP contribution >= 0.6 is 0 Å². The van der Waals surface area contributed by atoms with E-state index in [0.717, 1.165) is 6.07 Å². The molecule has 5 nitrogen and oxygen atoms in total. The number of hydrogen-bond acceptors (Lipinski definition) is 5. The summed E-state index contributed by atoms with van der Waals surface area (Å²) in [5.41, 5.74) is 6.14. The molecule has 0 aliphatic carbocycles. The number of halogens is 2. The second-order valence-electron chi connectivity index (χ2n) is 3.56. The first-order valence-corrected chi connectivity index (χ1v) is 5.29. The van der Waals surface area contributed by atoms with Gasteiger partial charge < -0.3 is 15.2 Å². The van der Waals surface area contributed by atoms with E-state index < -0.39 is 12.6 Å². The van der Waals surface area contributed by atoms with Gasteiger partial charge in [-0.05, 0) is 17.7 Å². The molecular formula is C12H12F2N2O3. The standard InChI is InChI=1S/C12H12F2N2O3/c1-18-11(17)4-7-2-9(6-16)10(19-12(13)14)3-8(7)5-15/h2-3,12H,4,6,16H2,1H3. The maximum absolute atomic E-state index is 12.2. The first-order chi connectivity index (χ1) is 9.01. The first-order valence-electron chi connectivity index (χ1n) is 5.29. The Hall–Kier alpha value is -2.20. The Morgan fingerprint density at radius 3 is 2.63 bits per heavy atom. The van der Waals surface area contributed by atoms with Gasteiger partial charge in [0.25, 0.3) is 0 Å². The molecule has 0 aliphatic rings. The van der Waals surface area contributed by atoms with Crippen molar-refractivity contribution in [3.8, 4) is 11.8 Å². The van der Waals surface area contributed by atoms with Crippen LogP contribution in [0.5, 0.6) is 5.75 Å². The van der Waals surface area contributed by atoms with Crippen LogP contribution in [-0.2, 0) is 22.5 Å². The maximum atomic E-state index is 12.2. The summed E-state index contributed by atoms with van der Waals surface area (Å²) in [7, 11) is 1.21. The minimum absolute atomic E-state index is 0.0536. The summed E-state index contributed by atoms with van der Waals surface area (Å²) in [6.07, 6.45) is -0.138. The number of carbonyl (C=O) groups is 1. The Labute approximate surface area is 108 Å². The molecule has 1 aromatic carbocycles. The molecule has 1 rings (SSSR count). The van der Waals surface area contributed by atoms with Crippen molar-refractivity contribution in [2.24, 2.45) is 5.73 Å². The van der Waals surface area contributed by atoms with Crippen molar-refractivity contribution in [2.45, 2.75) is 19.6 Å². The molecule has 0 bridgehead atoms. The van der Waals surface area contributed by atoms with Crippen LogP contribution < -0.4 is 10.5 Å². The number of nitriles is 1. The smallest absolute Gasteiger partial charge is 0.387 e. The molecular weight excluding hydrogens is 258 g/mol. The Morgan fingerprint density at radius 2 is 2.16 bits per heavy atom. The van der Waals surface area contributed by atoms with Crippen molar-refractivity contribution in [1.82, 2.24) is 0 Å². The van der Waals surface area contributed by atoms with Gasteiger partial charge in [-0.25, -0.2) is 0 Å². The lowest BCUT2D eigenvalue weighted by Gasteiger charge is -2.12. The van der Waals surface area contributed by atoms with Crippen molar-refractivity contribution in [3.63, 3.8) is 0 Å². The van der Waals surface area contributed by atoms with Crippen LogP contribution in [0.15, 0.2) is 12.1 Å². The van der Waals surface area contributed by atoms with Crippen molar-refractivity contribution >= 4 is 5.97 Å². The van der Waals surface area contributed by atoms with Gasteiger partial charge in [0.05, 0.1) is 25.2 Å². The monoisotopic (exact) mass is 270 g/mol. The topological polar surface area (TPSA) is 85.3 Å². The zero-order chi connectivity index (χ0) is 14.4. The number of alkyl halides is 2. The largest absolute Gasteiger partial charge is 0.469 e. The average molecular weight is 270 g/mol. The molecule has 0 fully saturated rings. The van der Waals surface area contributed by atoms with Gasteiger partial charge in [0.2, 0.25) is 0 Å². The molecule has 0 saturated carbocycles. The van der Waals surface area contributed by atoms with Crippen LogP contribution in [0.2, 0.25) is 0 Å². The second-order valence-corrected chi connectivity index (χ2v) is 3.56. The molecule has 0 radical (unpaired) electrons. The lowest BCUT2D eigenvalue weighted by molar-refractivity contribution is -0.139. The van der Waals surface area contributed by atoms with Crippen molar-refractivity contribution in [3.05, 3.63) is 28.8 Å². The number of carbonyl (C=O) groups excluding carboxylic acids is 1. The van der Waals surface area contributed by atoms with Gasteiger partial charge in [0.1, 0.15) is 5.75 Å². The van der Waals surface area contributed by atoms with Crippen LogP contribution in [-0.4, -0.2) is 19.7 Å². The summed E-state index contributed by atoms with van der Waals surface area (Å²) < 4.78 is 33.2. The zero-order valence-electron chi connectivity index (χ0n) is 10.2. The maximum Gasteiger partial charge on any atom is 0.387 e. The molecule has 0 spiro atoms. The third-order valence-corrected chi connectivity index (χ3v) is 2.41. The molecule has 0 unspecified atom stereocenters. The molecule has 0 amide bonds. The van der Waals surface area contributed by atoms with Crippen LogP contribution in [0.4, 0.5) is 8.78 Å². The van der Waals surface area contributed by atoms with Gasteiger partial charge in [-0.15, -0.1) is 0 Å². The van der Waals surface area contributed by atoms with E-state index in [1.165, 1.54) is 13.2 Å². The number of rotatable bonds is 5. The summed E-state index contributed by atoms with van der Waals surface area (Å²) in [5, 5.41) is 8.95. The predicted octanol–water partition coefficient (Wildman–Crippen LogP) is 1.33. The highest BCUT2D eigenvalue weighted by Gasteiger charge is 2.15. The predicted molar refractivity (Wildman–Crippen MR) is 61.4 cm³/mol. The number of nitrogens with two attached hydrogens (primary N) is 1. The average Bonchev–Trinajstić information content (AvgIpc) is 2.38. The van der Waals surface area contributed by atoms with Gasteiger partial charge in [-0.2, -0.15) is 14.0 Å². The van der Waals surface area contributed by atoms with Crippen molar-refractivity contribution in [1.29, 1.82) is 5.26 Å². The highest BCUT2D eigenvalue weighted by Crippen LogP contribution is 2.25. The Kier molecular flexibility index (Phi) is 5.21. The van der Waals surface area contributed by atoms with Gasteiger partial charge in [-0.1, -0.05) is 0 Å². The highest BCUT2D eigenvalue weighted by molar-refractivity contribution is 5.73. The Morgan fingerprint density at radius 1 is 1.47 bits per heavy atom. The van der Waals surface area contributed by atoms with Crippen LogP contribution in [0, 0.1) is 11.3 Å². The third kappa shape index (κ3) is 3.89. The minimum Gasteiger partial charge on any atom is -0.469 e. The van der Waals surface area contributed by atoms with E-state index in [0.29, 0.717) is 11.1 Å². The third-order valence-electron chi connectivity index (χ3n) is 2.41. The number of ether oxygens (including phenoxy) is 2. The fraction of sp³-hybridized carbons (Fsp3) is 0.333. The number of hydrogen-bond donors (Lipinski definition) is 1. The van der Waals surface area contributed by atoms with E-state index in [4.69, 9.17) is 11.0 Å². The first kappa shape index (κ1) is 14.9. The number of methoxy groups -OCH3 is 1. The summed E-state index contributed by atoms with van der Waals surface area (Å²) in [5.74, 6) is -0.704. The number of esters is 1. The van der Waals surface area contributed by atoms with E-state index in [2.05, 4.69) is 9.47 Å². The van der Waals surface area contributed by atoms with E-state index >= 15 is 0 Å². The van der Waals surface area contributed by atoms with Crippen molar-refractivity contribution < 1.29 is 23.0 Å². The fourth-order valence-electron chi connectivity index (χ4n) is 1.52. The molecule has 0 aromatic heterocycles. The Bertz CT molecular complexity index is 512. The molecule has 7 heteroatoms. The van der Waals surface area contributed by atoms with E-state index in [1.54, 1.807) is 0 Å². The van der Waals surface area contributed by atoms with Gasteiger partial charge >= 0.3 is 12.6 Å². The molecule has 2 N–H and O–H groups in total. The summed E-state index contributed by atoms with van der Waals surface area (Å²) in [6, 6.07) is 4.36. The zero-order valence-corrected chi connectivity index (χ0v) is 10.2. The number of benzene rings is 1. The van der Waals surface area contributed by atoms with Gasteiger partial charge in [0, 0.05) is 12.1 Å². The fourth-order valence-corrected chi connectivity index (χ4v) is 1.52.